The standard InChI is InChI=1S/C20H27N5O2S2/c1-14(2)12-17-23-24-19(29-17)22-18(26)16(13-15-6-4-3-5-7-15)21-20(27)25-8-10-28-11-9-25/h3-7,14,16H,8-13H2,1-2H3,(H,21,27)(H,22,24,26)/t16-/m1/s1. The highest BCUT2D eigenvalue weighted by Crippen LogP contribution is 2.19. The zero-order valence-electron chi connectivity index (χ0n) is 16.8. The van der Waals surface area contributed by atoms with Gasteiger partial charge in [0.2, 0.25) is 11.0 Å². The summed E-state index contributed by atoms with van der Waals surface area (Å²) >= 11 is 3.22. The number of hydrogen-bond acceptors (Lipinski definition) is 6. The molecule has 1 aromatic heterocycles. The van der Waals surface area contributed by atoms with Crippen LogP contribution in [0.4, 0.5) is 9.93 Å². The topological polar surface area (TPSA) is 87.2 Å². The van der Waals surface area contributed by atoms with Crippen molar-refractivity contribution in [2.45, 2.75) is 32.7 Å². The van der Waals surface area contributed by atoms with E-state index in [1.54, 1.807) is 4.90 Å². The summed E-state index contributed by atoms with van der Waals surface area (Å²) in [5.41, 5.74) is 0.986. The molecular weight excluding hydrogens is 406 g/mol. The Labute approximate surface area is 179 Å². The molecule has 156 valence electrons. The number of carbonyl (C=O) groups excluding carboxylic acids is 2. The van der Waals surface area contributed by atoms with Crippen LogP contribution in [-0.2, 0) is 17.6 Å². The lowest BCUT2D eigenvalue weighted by molar-refractivity contribution is -0.118. The van der Waals surface area contributed by atoms with Crippen LogP contribution >= 0.6 is 23.1 Å². The van der Waals surface area contributed by atoms with Crippen LogP contribution in [0.5, 0.6) is 0 Å². The summed E-state index contributed by atoms with van der Waals surface area (Å²) in [6, 6.07) is 8.82. The normalized spacial score (nSPS) is 15.2. The predicted molar refractivity (Wildman–Crippen MR) is 118 cm³/mol. The lowest BCUT2D eigenvalue weighted by Crippen LogP contribution is -2.52. The van der Waals surface area contributed by atoms with Crippen LogP contribution in [0.1, 0.15) is 24.4 Å². The zero-order valence-corrected chi connectivity index (χ0v) is 18.4. The number of hydrogen-bond donors (Lipinski definition) is 2. The second kappa shape index (κ2) is 10.6. The van der Waals surface area contributed by atoms with Crippen molar-refractivity contribution in [1.82, 2.24) is 20.4 Å². The van der Waals surface area contributed by atoms with Crippen LogP contribution < -0.4 is 10.6 Å². The van der Waals surface area contributed by atoms with Crippen molar-refractivity contribution in [3.05, 3.63) is 40.9 Å². The van der Waals surface area contributed by atoms with Crippen molar-refractivity contribution in [2.75, 3.05) is 29.9 Å². The third kappa shape index (κ3) is 6.71. The Kier molecular flexibility index (Phi) is 7.88. The fourth-order valence-electron chi connectivity index (χ4n) is 2.99. The molecule has 29 heavy (non-hydrogen) atoms. The number of aromatic nitrogens is 2. The van der Waals surface area contributed by atoms with E-state index < -0.39 is 6.04 Å². The highest BCUT2D eigenvalue weighted by atomic mass is 32.2. The molecule has 3 rings (SSSR count). The van der Waals surface area contributed by atoms with Crippen molar-refractivity contribution in [2.24, 2.45) is 5.92 Å². The van der Waals surface area contributed by atoms with Crippen molar-refractivity contribution in [1.29, 1.82) is 0 Å². The summed E-state index contributed by atoms with van der Waals surface area (Å²) in [4.78, 5) is 27.4. The van der Waals surface area contributed by atoms with Gasteiger partial charge in [-0.3, -0.25) is 10.1 Å². The molecule has 9 heteroatoms. The zero-order chi connectivity index (χ0) is 20.6. The summed E-state index contributed by atoms with van der Waals surface area (Å²) in [6.07, 6.45) is 1.24. The molecule has 1 aliphatic rings. The average Bonchev–Trinajstić information content (AvgIpc) is 3.14. The van der Waals surface area contributed by atoms with Gasteiger partial charge in [-0.15, -0.1) is 10.2 Å². The number of benzene rings is 1. The Balaban J connectivity index is 1.68. The molecule has 2 N–H and O–H groups in total. The quantitative estimate of drug-likeness (QED) is 0.701. The molecule has 0 radical (unpaired) electrons. The van der Waals surface area contributed by atoms with Gasteiger partial charge in [0, 0.05) is 37.4 Å². The molecule has 2 heterocycles. The van der Waals surface area contributed by atoms with E-state index in [4.69, 9.17) is 0 Å². The lowest BCUT2D eigenvalue weighted by Gasteiger charge is -2.28. The van der Waals surface area contributed by atoms with Gasteiger partial charge in [-0.2, -0.15) is 11.8 Å². The van der Waals surface area contributed by atoms with Crippen LogP contribution in [0.15, 0.2) is 30.3 Å². The van der Waals surface area contributed by atoms with E-state index in [2.05, 4.69) is 34.7 Å². The summed E-state index contributed by atoms with van der Waals surface area (Å²) in [7, 11) is 0. The first-order chi connectivity index (χ1) is 14.0. The number of urea groups is 1. The molecule has 0 saturated carbocycles. The number of rotatable bonds is 7. The number of carbonyl (C=O) groups is 2. The summed E-state index contributed by atoms with van der Waals surface area (Å²) in [6.45, 7) is 5.63. The average molecular weight is 434 g/mol. The Morgan fingerprint density at radius 2 is 1.83 bits per heavy atom. The van der Waals surface area contributed by atoms with Crippen molar-refractivity contribution >= 4 is 40.2 Å². The molecular formula is C20H27N5O2S2. The van der Waals surface area contributed by atoms with Gasteiger partial charge in [-0.1, -0.05) is 55.5 Å². The van der Waals surface area contributed by atoms with Crippen LogP contribution in [0.25, 0.3) is 0 Å². The third-order valence-corrected chi connectivity index (χ3v) is 6.28. The summed E-state index contributed by atoms with van der Waals surface area (Å²) < 4.78 is 0. The molecule has 1 aliphatic heterocycles. The maximum absolute atomic E-state index is 13.0. The summed E-state index contributed by atoms with van der Waals surface area (Å²) in [5, 5.41) is 15.3. The Hall–Kier alpha value is -2.13. The van der Waals surface area contributed by atoms with E-state index in [9.17, 15) is 9.59 Å². The summed E-state index contributed by atoms with van der Waals surface area (Å²) in [5.74, 6) is 2.04. The van der Waals surface area contributed by atoms with Gasteiger partial charge in [0.1, 0.15) is 11.0 Å². The number of amides is 3. The third-order valence-electron chi connectivity index (χ3n) is 4.47. The second-order valence-corrected chi connectivity index (χ2v) is 9.67. The molecule has 7 nitrogen and oxygen atoms in total. The molecule has 0 bridgehead atoms. The molecule has 1 saturated heterocycles. The largest absolute Gasteiger partial charge is 0.326 e. The van der Waals surface area contributed by atoms with Crippen LogP contribution in [0, 0.1) is 5.92 Å². The smallest absolute Gasteiger partial charge is 0.318 e. The van der Waals surface area contributed by atoms with Gasteiger partial charge in [-0.05, 0) is 11.5 Å². The van der Waals surface area contributed by atoms with E-state index in [-0.39, 0.29) is 11.9 Å². The molecule has 0 spiro atoms. The fraction of sp³-hybridized carbons (Fsp3) is 0.500. The Morgan fingerprint density at radius 3 is 2.52 bits per heavy atom. The van der Waals surface area contributed by atoms with Gasteiger partial charge in [0.25, 0.3) is 0 Å². The first kappa shape index (κ1) is 21.6. The number of anilines is 1. The molecule has 1 fully saturated rings. The predicted octanol–water partition coefficient (Wildman–Crippen LogP) is 3.04. The monoisotopic (exact) mass is 433 g/mol. The van der Waals surface area contributed by atoms with E-state index >= 15 is 0 Å². The Bertz CT molecular complexity index is 806. The van der Waals surface area contributed by atoms with Gasteiger partial charge in [0.05, 0.1) is 0 Å². The molecule has 2 aromatic rings. The van der Waals surface area contributed by atoms with E-state index in [0.29, 0.717) is 30.6 Å². The Morgan fingerprint density at radius 1 is 1.10 bits per heavy atom. The molecule has 3 amide bonds. The van der Waals surface area contributed by atoms with E-state index in [0.717, 1.165) is 28.5 Å². The lowest BCUT2D eigenvalue weighted by atomic mass is 10.1. The first-order valence-electron chi connectivity index (χ1n) is 9.81. The molecule has 0 aliphatic carbocycles. The van der Waals surface area contributed by atoms with Crippen molar-refractivity contribution in [3.8, 4) is 0 Å². The van der Waals surface area contributed by atoms with E-state index in [1.807, 2.05) is 42.1 Å². The second-order valence-electron chi connectivity index (χ2n) is 7.38. The molecule has 1 aromatic carbocycles. The van der Waals surface area contributed by atoms with Crippen molar-refractivity contribution in [3.63, 3.8) is 0 Å². The number of nitrogens with one attached hydrogen (secondary N) is 2. The fourth-order valence-corrected chi connectivity index (χ4v) is 4.85. The van der Waals surface area contributed by atoms with Crippen molar-refractivity contribution < 1.29 is 9.59 Å². The number of thioether (sulfide) groups is 1. The highest BCUT2D eigenvalue weighted by Gasteiger charge is 2.26. The van der Waals surface area contributed by atoms with Gasteiger partial charge < -0.3 is 10.2 Å². The minimum Gasteiger partial charge on any atom is -0.326 e. The highest BCUT2D eigenvalue weighted by molar-refractivity contribution is 7.99. The number of nitrogens with zero attached hydrogens (tertiary/aromatic N) is 3. The van der Waals surface area contributed by atoms with E-state index in [1.165, 1.54) is 11.3 Å². The minimum atomic E-state index is -0.683. The van der Waals surface area contributed by atoms with Crippen LogP contribution in [-0.4, -0.2) is 57.7 Å². The van der Waals surface area contributed by atoms with Crippen LogP contribution in [0.3, 0.4) is 0 Å². The first-order valence-corrected chi connectivity index (χ1v) is 11.8. The van der Waals surface area contributed by atoms with Gasteiger partial charge in [0.15, 0.2) is 0 Å². The molecule has 1 atom stereocenters. The molecule has 0 unspecified atom stereocenters. The maximum Gasteiger partial charge on any atom is 0.318 e. The maximum atomic E-state index is 13.0. The minimum absolute atomic E-state index is 0.195. The van der Waals surface area contributed by atoms with Gasteiger partial charge in [-0.25, -0.2) is 4.79 Å². The van der Waals surface area contributed by atoms with Gasteiger partial charge >= 0.3 is 6.03 Å². The van der Waals surface area contributed by atoms with Crippen LogP contribution in [0.2, 0.25) is 0 Å². The SMILES string of the molecule is CC(C)Cc1nnc(NC(=O)[C@@H](Cc2ccccc2)NC(=O)N2CCSCC2)s1.